The number of aromatic nitrogens is 3. The smallest absolute Gasteiger partial charge is 0.244 e. The molecule has 2 heterocycles. The Labute approximate surface area is 141 Å². The molecule has 6 nitrogen and oxygen atoms in total. The van der Waals surface area contributed by atoms with Gasteiger partial charge < -0.3 is 4.57 Å². The Balaban J connectivity index is 1.79. The topological polar surface area (TPSA) is 68.9 Å². The Morgan fingerprint density at radius 3 is 2.29 bits per heavy atom. The SMILES string of the molecule is Cc1nn(C)cc1S(=O)(=O)N[C@@H](C)c1ccc(-n2cccc2)cc1. The molecule has 0 saturated carbocycles. The second-order valence-electron chi connectivity index (χ2n) is 5.78. The molecule has 0 fully saturated rings. The summed E-state index contributed by atoms with van der Waals surface area (Å²) >= 11 is 0. The Kier molecular flexibility index (Phi) is 4.29. The van der Waals surface area contributed by atoms with Crippen LogP contribution in [0.25, 0.3) is 5.69 Å². The van der Waals surface area contributed by atoms with Crippen molar-refractivity contribution in [2.24, 2.45) is 7.05 Å². The fourth-order valence-electron chi connectivity index (χ4n) is 2.65. The summed E-state index contributed by atoms with van der Waals surface area (Å²) in [6.45, 7) is 3.51. The molecule has 1 N–H and O–H groups in total. The van der Waals surface area contributed by atoms with Gasteiger partial charge in [-0.25, -0.2) is 13.1 Å². The van der Waals surface area contributed by atoms with Crippen molar-refractivity contribution in [2.75, 3.05) is 0 Å². The van der Waals surface area contributed by atoms with Gasteiger partial charge in [0.15, 0.2) is 0 Å². The van der Waals surface area contributed by atoms with E-state index in [1.54, 1.807) is 14.0 Å². The average molecular weight is 344 g/mol. The van der Waals surface area contributed by atoms with Gasteiger partial charge in [-0.1, -0.05) is 12.1 Å². The van der Waals surface area contributed by atoms with Crippen molar-refractivity contribution in [1.82, 2.24) is 19.1 Å². The average Bonchev–Trinajstić information content (AvgIpc) is 3.17. The van der Waals surface area contributed by atoms with Gasteiger partial charge in [0.25, 0.3) is 0 Å². The number of sulfonamides is 1. The highest BCUT2D eigenvalue weighted by Gasteiger charge is 2.22. The Morgan fingerprint density at radius 2 is 1.75 bits per heavy atom. The van der Waals surface area contributed by atoms with E-state index in [4.69, 9.17) is 0 Å². The highest BCUT2D eigenvalue weighted by atomic mass is 32.2. The lowest BCUT2D eigenvalue weighted by Gasteiger charge is -2.15. The molecule has 0 aliphatic rings. The van der Waals surface area contributed by atoms with Crippen LogP contribution in [0.1, 0.15) is 24.2 Å². The fraction of sp³-hybridized carbons (Fsp3) is 0.235. The first-order valence-corrected chi connectivity index (χ1v) is 9.11. The molecule has 0 aliphatic heterocycles. The maximum atomic E-state index is 12.5. The van der Waals surface area contributed by atoms with E-state index in [-0.39, 0.29) is 10.9 Å². The molecule has 0 saturated heterocycles. The van der Waals surface area contributed by atoms with Crippen LogP contribution in [-0.2, 0) is 17.1 Å². The monoisotopic (exact) mass is 344 g/mol. The van der Waals surface area contributed by atoms with E-state index in [0.29, 0.717) is 5.69 Å². The van der Waals surface area contributed by atoms with Gasteiger partial charge in [0, 0.05) is 37.4 Å². The normalized spacial score (nSPS) is 13.1. The van der Waals surface area contributed by atoms with E-state index >= 15 is 0 Å². The zero-order valence-electron chi connectivity index (χ0n) is 13.8. The summed E-state index contributed by atoms with van der Waals surface area (Å²) in [5, 5.41) is 4.09. The van der Waals surface area contributed by atoms with Gasteiger partial charge in [0.05, 0.1) is 5.69 Å². The van der Waals surface area contributed by atoms with Crippen molar-refractivity contribution < 1.29 is 8.42 Å². The maximum Gasteiger partial charge on any atom is 0.244 e. The molecule has 24 heavy (non-hydrogen) atoms. The number of hydrogen-bond acceptors (Lipinski definition) is 3. The van der Waals surface area contributed by atoms with Crippen LogP contribution < -0.4 is 4.72 Å². The predicted molar refractivity (Wildman–Crippen MR) is 92.5 cm³/mol. The largest absolute Gasteiger partial charge is 0.324 e. The zero-order valence-corrected chi connectivity index (χ0v) is 14.7. The Morgan fingerprint density at radius 1 is 1.12 bits per heavy atom. The first-order chi connectivity index (χ1) is 11.4. The van der Waals surface area contributed by atoms with Gasteiger partial charge >= 0.3 is 0 Å². The van der Waals surface area contributed by atoms with E-state index in [0.717, 1.165) is 11.3 Å². The first kappa shape index (κ1) is 16.5. The van der Waals surface area contributed by atoms with Gasteiger partial charge in [0.2, 0.25) is 10.0 Å². The van der Waals surface area contributed by atoms with Crippen molar-refractivity contribution in [2.45, 2.75) is 24.8 Å². The van der Waals surface area contributed by atoms with Gasteiger partial charge in [-0.05, 0) is 43.7 Å². The molecule has 1 aromatic carbocycles. The molecule has 2 aromatic heterocycles. The van der Waals surface area contributed by atoms with Crippen molar-refractivity contribution in [3.63, 3.8) is 0 Å². The maximum absolute atomic E-state index is 12.5. The minimum atomic E-state index is -3.61. The molecule has 0 amide bonds. The third-order valence-electron chi connectivity index (χ3n) is 3.89. The predicted octanol–water partition coefficient (Wildman–Crippen LogP) is 2.56. The molecule has 0 bridgehead atoms. The standard InChI is InChI=1S/C17H20N4O2S/c1-13(19-24(22,23)17-12-20(3)18-14(17)2)15-6-8-16(9-7-15)21-10-4-5-11-21/h4-13,19H,1-3H3/t13-/m0/s1. The summed E-state index contributed by atoms with van der Waals surface area (Å²) in [6, 6.07) is 11.4. The van der Waals surface area contributed by atoms with Gasteiger partial charge in [-0.15, -0.1) is 0 Å². The molecule has 7 heteroatoms. The van der Waals surface area contributed by atoms with Crippen LogP contribution in [0.4, 0.5) is 0 Å². The summed E-state index contributed by atoms with van der Waals surface area (Å²) < 4.78 is 31.3. The minimum Gasteiger partial charge on any atom is -0.324 e. The third kappa shape index (κ3) is 3.27. The molecule has 0 unspecified atom stereocenters. The highest BCUT2D eigenvalue weighted by Crippen LogP contribution is 2.20. The lowest BCUT2D eigenvalue weighted by molar-refractivity contribution is 0.566. The number of rotatable bonds is 5. The van der Waals surface area contributed by atoms with Crippen LogP contribution in [0, 0.1) is 6.92 Å². The van der Waals surface area contributed by atoms with Crippen LogP contribution in [0.15, 0.2) is 59.9 Å². The summed E-state index contributed by atoms with van der Waals surface area (Å²) in [4.78, 5) is 0.209. The molecular formula is C17H20N4O2S. The molecular weight excluding hydrogens is 324 g/mol. The third-order valence-corrected chi connectivity index (χ3v) is 5.53. The summed E-state index contributed by atoms with van der Waals surface area (Å²) in [5.74, 6) is 0. The van der Waals surface area contributed by atoms with Crippen LogP contribution in [0.5, 0.6) is 0 Å². The van der Waals surface area contributed by atoms with Crippen molar-refractivity contribution in [1.29, 1.82) is 0 Å². The zero-order chi connectivity index (χ0) is 17.3. The van der Waals surface area contributed by atoms with Gasteiger partial charge in [-0.3, -0.25) is 4.68 Å². The number of nitrogens with zero attached hydrogens (tertiary/aromatic N) is 3. The number of benzene rings is 1. The summed E-state index contributed by atoms with van der Waals surface area (Å²) in [5.41, 5.74) is 2.41. The Bertz CT molecular complexity index is 926. The van der Waals surface area contributed by atoms with Gasteiger partial charge in [-0.2, -0.15) is 5.10 Å². The first-order valence-electron chi connectivity index (χ1n) is 7.63. The number of nitrogens with one attached hydrogen (secondary N) is 1. The molecule has 1 atom stereocenters. The lowest BCUT2D eigenvalue weighted by atomic mass is 10.1. The van der Waals surface area contributed by atoms with E-state index < -0.39 is 10.0 Å². The second kappa shape index (κ2) is 6.26. The quantitative estimate of drug-likeness (QED) is 0.773. The number of aryl methyl sites for hydroxylation is 2. The fourth-order valence-corrected chi connectivity index (χ4v) is 4.10. The molecule has 0 radical (unpaired) electrons. The van der Waals surface area contributed by atoms with Crippen molar-refractivity contribution in [3.05, 3.63) is 66.2 Å². The summed E-state index contributed by atoms with van der Waals surface area (Å²) in [7, 11) is -1.91. The van der Waals surface area contributed by atoms with Crippen molar-refractivity contribution in [3.8, 4) is 5.69 Å². The molecule has 0 spiro atoms. The van der Waals surface area contributed by atoms with Gasteiger partial charge in [0.1, 0.15) is 4.90 Å². The van der Waals surface area contributed by atoms with Crippen LogP contribution in [0.2, 0.25) is 0 Å². The second-order valence-corrected chi connectivity index (χ2v) is 7.46. The van der Waals surface area contributed by atoms with Crippen LogP contribution in [0.3, 0.4) is 0 Å². The van der Waals surface area contributed by atoms with E-state index in [1.807, 2.05) is 60.3 Å². The Hall–Kier alpha value is -2.38. The van der Waals surface area contributed by atoms with Crippen LogP contribution >= 0.6 is 0 Å². The number of hydrogen-bond donors (Lipinski definition) is 1. The summed E-state index contributed by atoms with van der Waals surface area (Å²) in [6.07, 6.45) is 5.44. The van der Waals surface area contributed by atoms with E-state index in [2.05, 4.69) is 9.82 Å². The molecule has 126 valence electrons. The highest BCUT2D eigenvalue weighted by molar-refractivity contribution is 7.89. The van der Waals surface area contributed by atoms with Crippen molar-refractivity contribution >= 4 is 10.0 Å². The van der Waals surface area contributed by atoms with E-state index in [1.165, 1.54) is 10.9 Å². The lowest BCUT2D eigenvalue weighted by Crippen LogP contribution is -2.27. The molecule has 3 rings (SSSR count). The van der Waals surface area contributed by atoms with Crippen LogP contribution in [-0.4, -0.2) is 22.8 Å². The molecule has 0 aliphatic carbocycles. The van der Waals surface area contributed by atoms with E-state index in [9.17, 15) is 8.42 Å². The molecule has 3 aromatic rings. The minimum absolute atomic E-state index is 0.209.